The van der Waals surface area contributed by atoms with Gasteiger partial charge in [-0.2, -0.15) is 0 Å². The number of hydrogen-bond acceptors (Lipinski definition) is 3. The van der Waals surface area contributed by atoms with E-state index < -0.39 is 10.0 Å². The van der Waals surface area contributed by atoms with Crippen LogP contribution in [-0.2, 0) is 21.2 Å². The van der Waals surface area contributed by atoms with E-state index in [9.17, 15) is 17.6 Å². The van der Waals surface area contributed by atoms with Crippen molar-refractivity contribution in [3.8, 4) is 0 Å². The summed E-state index contributed by atoms with van der Waals surface area (Å²) >= 11 is 0. The summed E-state index contributed by atoms with van der Waals surface area (Å²) in [5.41, 5.74) is 0.924. The van der Waals surface area contributed by atoms with Gasteiger partial charge in [-0.15, -0.1) is 0 Å². The van der Waals surface area contributed by atoms with Crippen LogP contribution in [0.15, 0.2) is 24.3 Å². The van der Waals surface area contributed by atoms with Crippen molar-refractivity contribution < 1.29 is 17.6 Å². The number of unbranched alkanes of at least 4 members (excludes halogenated alkanes) is 1. The van der Waals surface area contributed by atoms with Crippen LogP contribution in [-0.4, -0.2) is 55.5 Å². The SMILES string of the molecule is CCCCS(=O)(=O)N1CCCN(C(=O)CCc2ccc(F)cc2)CC1. The minimum absolute atomic E-state index is 0.0251. The van der Waals surface area contributed by atoms with Crippen LogP contribution >= 0.6 is 0 Å². The summed E-state index contributed by atoms with van der Waals surface area (Å²) in [6, 6.07) is 6.16. The minimum Gasteiger partial charge on any atom is -0.341 e. The molecule has 1 aliphatic rings. The molecule has 1 saturated heterocycles. The molecule has 1 aromatic carbocycles. The molecule has 0 spiro atoms. The molecule has 25 heavy (non-hydrogen) atoms. The van der Waals surface area contributed by atoms with Crippen molar-refractivity contribution in [1.82, 2.24) is 9.21 Å². The maximum Gasteiger partial charge on any atom is 0.222 e. The number of sulfonamides is 1. The van der Waals surface area contributed by atoms with Gasteiger partial charge in [0.15, 0.2) is 0 Å². The van der Waals surface area contributed by atoms with Gasteiger partial charge in [0.25, 0.3) is 0 Å². The summed E-state index contributed by atoms with van der Waals surface area (Å²) in [5, 5.41) is 0. The summed E-state index contributed by atoms with van der Waals surface area (Å²) in [4.78, 5) is 14.2. The molecule has 0 saturated carbocycles. The van der Waals surface area contributed by atoms with E-state index in [-0.39, 0.29) is 17.5 Å². The van der Waals surface area contributed by atoms with Crippen molar-refractivity contribution >= 4 is 15.9 Å². The fraction of sp³-hybridized carbons (Fsp3) is 0.611. The Morgan fingerprint density at radius 3 is 2.52 bits per heavy atom. The van der Waals surface area contributed by atoms with Crippen LogP contribution in [0.3, 0.4) is 0 Å². The zero-order chi connectivity index (χ0) is 18.3. The number of halogens is 1. The van der Waals surface area contributed by atoms with Gasteiger partial charge in [-0.1, -0.05) is 25.5 Å². The Hall–Kier alpha value is -1.47. The van der Waals surface area contributed by atoms with E-state index in [1.165, 1.54) is 16.4 Å². The molecular weight excluding hydrogens is 343 g/mol. The van der Waals surface area contributed by atoms with Gasteiger partial charge in [-0.25, -0.2) is 17.1 Å². The van der Waals surface area contributed by atoms with Gasteiger partial charge in [0.2, 0.25) is 15.9 Å². The standard InChI is InChI=1S/C18H27FN2O3S/c1-2-3-15-25(23,24)21-12-4-11-20(13-14-21)18(22)10-7-16-5-8-17(19)9-6-16/h5-6,8-9H,2-4,7,10-15H2,1H3. The quantitative estimate of drug-likeness (QED) is 0.741. The second kappa shape index (κ2) is 9.29. The Labute approximate surface area is 149 Å². The van der Waals surface area contributed by atoms with E-state index in [4.69, 9.17) is 0 Å². The van der Waals surface area contributed by atoms with E-state index in [0.29, 0.717) is 51.9 Å². The zero-order valence-electron chi connectivity index (χ0n) is 14.8. The Morgan fingerprint density at radius 2 is 1.84 bits per heavy atom. The molecule has 140 valence electrons. The normalized spacial score (nSPS) is 16.6. The molecule has 0 radical (unpaired) electrons. The van der Waals surface area contributed by atoms with Crippen LogP contribution in [0.5, 0.6) is 0 Å². The highest BCUT2D eigenvalue weighted by atomic mass is 32.2. The highest BCUT2D eigenvalue weighted by Crippen LogP contribution is 2.13. The Kier molecular flexibility index (Phi) is 7.38. The lowest BCUT2D eigenvalue weighted by Gasteiger charge is -2.22. The third-order valence-corrected chi connectivity index (χ3v) is 6.45. The number of rotatable bonds is 7. The molecule has 2 rings (SSSR count). The smallest absolute Gasteiger partial charge is 0.222 e. The largest absolute Gasteiger partial charge is 0.341 e. The van der Waals surface area contributed by atoms with E-state index in [0.717, 1.165) is 12.0 Å². The Bertz CT molecular complexity index is 661. The predicted molar refractivity (Wildman–Crippen MR) is 96.2 cm³/mol. The van der Waals surface area contributed by atoms with Gasteiger partial charge < -0.3 is 4.90 Å². The highest BCUT2D eigenvalue weighted by Gasteiger charge is 2.26. The first-order valence-electron chi connectivity index (χ1n) is 8.92. The molecule has 1 fully saturated rings. The summed E-state index contributed by atoms with van der Waals surface area (Å²) in [5.74, 6) is -0.0775. The van der Waals surface area contributed by atoms with Crippen LogP contribution in [0, 0.1) is 5.82 Å². The number of nitrogens with zero attached hydrogens (tertiary/aromatic N) is 2. The molecule has 1 aliphatic heterocycles. The molecule has 0 N–H and O–H groups in total. The van der Waals surface area contributed by atoms with Crippen LogP contribution in [0.1, 0.15) is 38.2 Å². The first-order chi connectivity index (χ1) is 11.9. The molecule has 0 aliphatic carbocycles. The molecule has 0 aromatic heterocycles. The van der Waals surface area contributed by atoms with Crippen LogP contribution in [0.4, 0.5) is 4.39 Å². The first kappa shape index (κ1) is 19.8. The average molecular weight is 370 g/mol. The monoisotopic (exact) mass is 370 g/mol. The fourth-order valence-electron chi connectivity index (χ4n) is 2.94. The van der Waals surface area contributed by atoms with E-state index >= 15 is 0 Å². The summed E-state index contributed by atoms with van der Waals surface area (Å²) in [7, 11) is -3.22. The van der Waals surface area contributed by atoms with Gasteiger partial charge in [0.1, 0.15) is 5.82 Å². The zero-order valence-corrected chi connectivity index (χ0v) is 15.6. The number of benzene rings is 1. The van der Waals surface area contributed by atoms with Crippen molar-refractivity contribution in [3.63, 3.8) is 0 Å². The average Bonchev–Trinajstić information content (AvgIpc) is 2.86. The third kappa shape index (κ3) is 6.08. The second-order valence-electron chi connectivity index (χ2n) is 6.43. The fourth-order valence-corrected chi connectivity index (χ4v) is 4.62. The van der Waals surface area contributed by atoms with Crippen molar-refractivity contribution in [2.24, 2.45) is 0 Å². The topological polar surface area (TPSA) is 57.7 Å². The van der Waals surface area contributed by atoms with E-state index in [1.807, 2.05) is 6.92 Å². The number of carbonyl (C=O) groups excluding carboxylic acids is 1. The summed E-state index contributed by atoms with van der Waals surface area (Å²) in [6.07, 6.45) is 3.09. The lowest BCUT2D eigenvalue weighted by molar-refractivity contribution is -0.131. The molecule has 0 unspecified atom stereocenters. The van der Waals surface area contributed by atoms with Gasteiger partial charge in [0, 0.05) is 32.6 Å². The minimum atomic E-state index is -3.22. The summed E-state index contributed by atoms with van der Waals surface area (Å²) < 4.78 is 39.0. The molecular formula is C18H27FN2O3S. The molecule has 0 bridgehead atoms. The van der Waals surface area contributed by atoms with Crippen LogP contribution in [0.2, 0.25) is 0 Å². The van der Waals surface area contributed by atoms with Crippen LogP contribution in [0.25, 0.3) is 0 Å². The maximum absolute atomic E-state index is 12.9. The number of aryl methyl sites for hydroxylation is 1. The van der Waals surface area contributed by atoms with Crippen molar-refractivity contribution in [2.75, 3.05) is 31.9 Å². The van der Waals surface area contributed by atoms with Crippen molar-refractivity contribution in [1.29, 1.82) is 0 Å². The maximum atomic E-state index is 12.9. The molecule has 1 aromatic rings. The highest BCUT2D eigenvalue weighted by molar-refractivity contribution is 7.89. The lowest BCUT2D eigenvalue weighted by Crippen LogP contribution is -2.38. The number of amides is 1. The van der Waals surface area contributed by atoms with Crippen molar-refractivity contribution in [3.05, 3.63) is 35.6 Å². The summed E-state index contributed by atoms with van der Waals surface area (Å²) in [6.45, 7) is 3.84. The van der Waals surface area contributed by atoms with Crippen molar-refractivity contribution in [2.45, 2.75) is 39.0 Å². The number of hydrogen-bond donors (Lipinski definition) is 0. The molecule has 1 amide bonds. The third-order valence-electron chi connectivity index (χ3n) is 4.50. The number of carbonyl (C=O) groups is 1. The Balaban J connectivity index is 1.85. The van der Waals surface area contributed by atoms with E-state index in [2.05, 4.69) is 0 Å². The molecule has 5 nitrogen and oxygen atoms in total. The lowest BCUT2D eigenvalue weighted by atomic mass is 10.1. The molecule has 7 heteroatoms. The molecule has 1 heterocycles. The first-order valence-corrected chi connectivity index (χ1v) is 10.5. The van der Waals surface area contributed by atoms with Gasteiger partial charge in [-0.3, -0.25) is 4.79 Å². The Morgan fingerprint density at radius 1 is 1.12 bits per heavy atom. The van der Waals surface area contributed by atoms with Gasteiger partial charge >= 0.3 is 0 Å². The van der Waals surface area contributed by atoms with Gasteiger partial charge in [0.05, 0.1) is 5.75 Å². The molecule has 0 atom stereocenters. The second-order valence-corrected chi connectivity index (χ2v) is 8.52. The predicted octanol–water partition coefficient (Wildman–Crippen LogP) is 2.42. The van der Waals surface area contributed by atoms with Crippen LogP contribution < -0.4 is 0 Å². The van der Waals surface area contributed by atoms with Gasteiger partial charge in [-0.05, 0) is 37.0 Å². The van der Waals surface area contributed by atoms with E-state index in [1.54, 1.807) is 17.0 Å².